The first-order valence-electron chi connectivity index (χ1n) is 8.37. The summed E-state index contributed by atoms with van der Waals surface area (Å²) in [6, 6.07) is 11.9. The fraction of sp³-hybridized carbons (Fsp3) is 0.278. The average molecular weight is 353 g/mol. The number of piperidine rings is 1. The molecule has 1 aromatic carbocycles. The first-order valence-corrected chi connectivity index (χ1v) is 9.25. The normalized spacial score (nSPS) is 17.4. The molecule has 3 heterocycles. The van der Waals surface area contributed by atoms with Gasteiger partial charge in [-0.1, -0.05) is 30.3 Å². The number of hydrogen-bond acceptors (Lipinski definition) is 5. The van der Waals surface area contributed by atoms with E-state index in [4.69, 9.17) is 0 Å². The Hall–Kier alpha value is -2.51. The molecule has 1 aliphatic heterocycles. The molecule has 7 heteroatoms. The van der Waals surface area contributed by atoms with E-state index in [9.17, 15) is 4.79 Å². The number of nitrogens with one attached hydrogen (secondary N) is 2. The molecule has 1 aliphatic rings. The van der Waals surface area contributed by atoms with Gasteiger partial charge in [0, 0.05) is 18.3 Å². The van der Waals surface area contributed by atoms with Crippen molar-refractivity contribution in [2.45, 2.75) is 18.9 Å². The van der Waals surface area contributed by atoms with Gasteiger partial charge >= 0.3 is 0 Å². The Morgan fingerprint density at radius 1 is 1.28 bits per heavy atom. The molecule has 1 saturated heterocycles. The number of rotatable bonds is 4. The number of anilines is 1. The maximum absolute atomic E-state index is 12.6. The van der Waals surface area contributed by atoms with Crippen LogP contribution < -0.4 is 10.6 Å². The summed E-state index contributed by atoms with van der Waals surface area (Å²) in [7, 11) is 0. The molecule has 4 rings (SSSR count). The van der Waals surface area contributed by atoms with Crippen LogP contribution in [0.15, 0.2) is 48.1 Å². The SMILES string of the molecule is O=C(Nc1scnc1-c1ccccc1)c1ccn(C2CCCNC2)n1. The molecule has 0 bridgehead atoms. The second-order valence-electron chi connectivity index (χ2n) is 6.03. The van der Waals surface area contributed by atoms with Crippen LogP contribution in [0.1, 0.15) is 29.4 Å². The van der Waals surface area contributed by atoms with E-state index in [1.54, 1.807) is 11.6 Å². The minimum absolute atomic E-state index is 0.205. The van der Waals surface area contributed by atoms with Gasteiger partial charge < -0.3 is 10.6 Å². The maximum Gasteiger partial charge on any atom is 0.276 e. The molecule has 6 nitrogen and oxygen atoms in total. The quantitative estimate of drug-likeness (QED) is 0.756. The third-order valence-corrected chi connectivity index (χ3v) is 5.07. The molecule has 1 unspecified atom stereocenters. The van der Waals surface area contributed by atoms with Gasteiger partial charge in [-0.25, -0.2) is 4.98 Å². The summed E-state index contributed by atoms with van der Waals surface area (Å²) in [5.74, 6) is -0.205. The van der Waals surface area contributed by atoms with Crippen molar-refractivity contribution in [2.24, 2.45) is 0 Å². The minimum atomic E-state index is -0.205. The highest BCUT2D eigenvalue weighted by Gasteiger charge is 2.19. The number of carbonyl (C=O) groups excluding carboxylic acids is 1. The second kappa shape index (κ2) is 7.16. The molecule has 25 heavy (non-hydrogen) atoms. The van der Waals surface area contributed by atoms with Gasteiger partial charge in [0.25, 0.3) is 5.91 Å². The van der Waals surface area contributed by atoms with Crippen molar-refractivity contribution in [1.82, 2.24) is 20.1 Å². The van der Waals surface area contributed by atoms with Gasteiger partial charge in [-0.3, -0.25) is 9.48 Å². The van der Waals surface area contributed by atoms with E-state index in [0.29, 0.717) is 11.7 Å². The number of amides is 1. The van der Waals surface area contributed by atoms with Gasteiger partial charge in [0.1, 0.15) is 10.7 Å². The van der Waals surface area contributed by atoms with Gasteiger partial charge in [0.05, 0.1) is 11.6 Å². The van der Waals surface area contributed by atoms with Crippen LogP contribution in [0.2, 0.25) is 0 Å². The van der Waals surface area contributed by atoms with E-state index in [1.165, 1.54) is 11.3 Å². The van der Waals surface area contributed by atoms with E-state index in [-0.39, 0.29) is 5.91 Å². The van der Waals surface area contributed by atoms with Crippen molar-refractivity contribution in [2.75, 3.05) is 18.4 Å². The lowest BCUT2D eigenvalue weighted by Gasteiger charge is -2.22. The summed E-state index contributed by atoms with van der Waals surface area (Å²) in [5.41, 5.74) is 3.94. The van der Waals surface area contributed by atoms with Crippen LogP contribution >= 0.6 is 11.3 Å². The molecule has 128 valence electrons. The van der Waals surface area contributed by atoms with Crippen molar-refractivity contribution in [3.63, 3.8) is 0 Å². The Balaban J connectivity index is 1.50. The monoisotopic (exact) mass is 353 g/mol. The minimum Gasteiger partial charge on any atom is -0.315 e. The summed E-state index contributed by atoms with van der Waals surface area (Å²) in [4.78, 5) is 16.9. The molecule has 0 aliphatic carbocycles. The smallest absolute Gasteiger partial charge is 0.276 e. The van der Waals surface area contributed by atoms with Crippen LogP contribution in [0.25, 0.3) is 11.3 Å². The first kappa shape index (κ1) is 16.0. The summed E-state index contributed by atoms with van der Waals surface area (Å²) >= 11 is 1.41. The zero-order valence-corrected chi connectivity index (χ0v) is 14.5. The summed E-state index contributed by atoms with van der Waals surface area (Å²) in [6.07, 6.45) is 4.10. The van der Waals surface area contributed by atoms with Crippen LogP contribution in [0.4, 0.5) is 5.00 Å². The highest BCUT2D eigenvalue weighted by molar-refractivity contribution is 7.14. The molecule has 2 aromatic heterocycles. The highest BCUT2D eigenvalue weighted by atomic mass is 32.1. The Kier molecular flexibility index (Phi) is 4.58. The molecular formula is C18H19N5OS. The molecule has 0 saturated carbocycles. The van der Waals surface area contributed by atoms with Crippen LogP contribution in [-0.4, -0.2) is 33.8 Å². The van der Waals surface area contributed by atoms with E-state index in [2.05, 4.69) is 20.7 Å². The number of thiazole rings is 1. The topological polar surface area (TPSA) is 71.8 Å². The molecule has 0 spiro atoms. The second-order valence-corrected chi connectivity index (χ2v) is 6.89. The van der Waals surface area contributed by atoms with Crippen molar-refractivity contribution in [3.05, 3.63) is 53.8 Å². The number of carbonyl (C=O) groups is 1. The zero-order valence-electron chi connectivity index (χ0n) is 13.7. The van der Waals surface area contributed by atoms with Gasteiger partial charge in [-0.05, 0) is 25.5 Å². The third kappa shape index (κ3) is 3.47. The fourth-order valence-electron chi connectivity index (χ4n) is 3.03. The molecule has 3 aromatic rings. The molecular weight excluding hydrogens is 334 g/mol. The lowest BCUT2D eigenvalue weighted by Crippen LogP contribution is -2.32. The van der Waals surface area contributed by atoms with Gasteiger partial charge in [0.2, 0.25) is 0 Å². The van der Waals surface area contributed by atoms with Crippen LogP contribution in [-0.2, 0) is 0 Å². The lowest BCUT2D eigenvalue weighted by molar-refractivity contribution is 0.102. The molecule has 0 radical (unpaired) electrons. The fourth-order valence-corrected chi connectivity index (χ4v) is 3.72. The predicted octanol–water partition coefficient (Wildman–Crippen LogP) is 3.18. The largest absolute Gasteiger partial charge is 0.315 e. The van der Waals surface area contributed by atoms with E-state index >= 15 is 0 Å². The van der Waals surface area contributed by atoms with E-state index in [1.807, 2.05) is 41.2 Å². The van der Waals surface area contributed by atoms with Gasteiger partial charge in [-0.2, -0.15) is 5.10 Å². The highest BCUT2D eigenvalue weighted by Crippen LogP contribution is 2.30. The number of nitrogens with zero attached hydrogens (tertiary/aromatic N) is 3. The summed E-state index contributed by atoms with van der Waals surface area (Å²) in [5, 5.41) is 11.5. The molecule has 2 N–H and O–H groups in total. The van der Waals surface area contributed by atoms with E-state index in [0.717, 1.165) is 42.2 Å². The number of hydrogen-bond donors (Lipinski definition) is 2. The van der Waals surface area contributed by atoms with Crippen molar-refractivity contribution >= 4 is 22.2 Å². The molecule has 1 amide bonds. The number of benzene rings is 1. The van der Waals surface area contributed by atoms with Crippen molar-refractivity contribution < 1.29 is 4.79 Å². The zero-order chi connectivity index (χ0) is 17.1. The maximum atomic E-state index is 12.6. The molecule has 1 fully saturated rings. The Bertz CT molecular complexity index is 851. The third-order valence-electron chi connectivity index (χ3n) is 4.33. The van der Waals surface area contributed by atoms with Gasteiger partial charge in [-0.15, -0.1) is 11.3 Å². The van der Waals surface area contributed by atoms with Crippen molar-refractivity contribution in [1.29, 1.82) is 0 Å². The molecule has 1 atom stereocenters. The van der Waals surface area contributed by atoms with E-state index < -0.39 is 0 Å². The number of aromatic nitrogens is 3. The Morgan fingerprint density at radius 3 is 2.96 bits per heavy atom. The lowest BCUT2D eigenvalue weighted by atomic mass is 10.1. The first-order chi connectivity index (χ1) is 12.3. The standard InChI is InChI=1S/C18H19N5OS/c24-17(15-8-10-23(22-15)14-7-4-9-19-11-14)21-18-16(20-12-25-18)13-5-2-1-3-6-13/h1-3,5-6,8,10,12,14,19H,4,7,9,11H2,(H,21,24). The Labute approximate surface area is 149 Å². The average Bonchev–Trinajstić information content (AvgIpc) is 3.33. The summed E-state index contributed by atoms with van der Waals surface area (Å²) < 4.78 is 1.89. The van der Waals surface area contributed by atoms with Crippen LogP contribution in [0.3, 0.4) is 0 Å². The van der Waals surface area contributed by atoms with Crippen LogP contribution in [0.5, 0.6) is 0 Å². The van der Waals surface area contributed by atoms with Crippen molar-refractivity contribution in [3.8, 4) is 11.3 Å². The van der Waals surface area contributed by atoms with Gasteiger partial charge in [0.15, 0.2) is 5.69 Å². The Morgan fingerprint density at radius 2 is 2.16 bits per heavy atom. The predicted molar refractivity (Wildman–Crippen MR) is 98.9 cm³/mol. The van der Waals surface area contributed by atoms with Crippen LogP contribution in [0, 0.1) is 0 Å². The summed E-state index contributed by atoms with van der Waals surface area (Å²) in [6.45, 7) is 1.95.